The van der Waals surface area contributed by atoms with Crippen molar-refractivity contribution in [1.29, 1.82) is 0 Å². The first-order valence-electron chi connectivity index (χ1n) is 6.36. The zero-order valence-corrected chi connectivity index (χ0v) is 10.5. The number of allylic oxidation sites excluding steroid dienone is 2. The molecular weight excluding hydrogens is 192 g/mol. The molecule has 0 spiro atoms. The summed E-state index contributed by atoms with van der Waals surface area (Å²) in [4.78, 5) is 0. The second kappa shape index (κ2) is 3.23. The van der Waals surface area contributed by atoms with Crippen LogP contribution < -0.4 is 0 Å². The molecule has 16 heavy (non-hydrogen) atoms. The maximum absolute atomic E-state index is 2.50. The molecule has 0 nitrogen and oxygen atoms in total. The Balaban J connectivity index is 1.85. The molecule has 0 heterocycles. The van der Waals surface area contributed by atoms with Crippen molar-refractivity contribution in [2.24, 2.45) is 11.8 Å². The average Bonchev–Trinajstić information content (AvgIpc) is 2.85. The smallest absolute Gasteiger partial charge is 0.0132 e. The largest absolute Gasteiger partial charge is 0.0773 e. The molecule has 1 aromatic rings. The van der Waals surface area contributed by atoms with Gasteiger partial charge in [0, 0.05) is 0 Å². The van der Waals surface area contributed by atoms with Crippen molar-refractivity contribution in [1.82, 2.24) is 0 Å². The van der Waals surface area contributed by atoms with Gasteiger partial charge in [0.25, 0.3) is 0 Å². The van der Waals surface area contributed by atoms with Gasteiger partial charge in [-0.15, -0.1) is 0 Å². The minimum atomic E-state index is 0.269. The zero-order chi connectivity index (χ0) is 11.3. The molecular formula is C16H20. The summed E-state index contributed by atoms with van der Waals surface area (Å²) < 4.78 is 0. The van der Waals surface area contributed by atoms with Crippen LogP contribution in [0.25, 0.3) is 5.57 Å². The summed E-state index contributed by atoms with van der Waals surface area (Å²) in [5.74, 6) is 1.93. The Bertz CT molecular complexity index is 428. The molecule has 2 unspecified atom stereocenters. The number of benzene rings is 1. The van der Waals surface area contributed by atoms with Gasteiger partial charge in [0.2, 0.25) is 0 Å². The highest BCUT2D eigenvalue weighted by atomic mass is 14.4. The molecule has 1 aromatic carbocycles. The first kappa shape index (κ1) is 10.1. The van der Waals surface area contributed by atoms with Crippen LogP contribution in [0.15, 0.2) is 30.3 Å². The van der Waals surface area contributed by atoms with Crippen molar-refractivity contribution in [3.63, 3.8) is 0 Å². The Morgan fingerprint density at radius 1 is 1.06 bits per heavy atom. The highest BCUT2D eigenvalue weighted by Crippen LogP contribution is 2.52. The van der Waals surface area contributed by atoms with Crippen LogP contribution in [-0.4, -0.2) is 0 Å². The summed E-state index contributed by atoms with van der Waals surface area (Å²) in [6.45, 7) is 6.81. The van der Waals surface area contributed by atoms with Gasteiger partial charge in [-0.2, -0.15) is 0 Å². The summed E-state index contributed by atoms with van der Waals surface area (Å²) in [5.41, 5.74) is 4.73. The van der Waals surface area contributed by atoms with E-state index in [0.29, 0.717) is 0 Å². The van der Waals surface area contributed by atoms with Gasteiger partial charge in [0.15, 0.2) is 0 Å². The van der Waals surface area contributed by atoms with Gasteiger partial charge in [-0.3, -0.25) is 0 Å². The first-order valence-corrected chi connectivity index (χ1v) is 6.36. The Kier molecular flexibility index (Phi) is 2.04. The summed E-state index contributed by atoms with van der Waals surface area (Å²) in [7, 11) is 0. The lowest BCUT2D eigenvalue weighted by Crippen LogP contribution is -2.10. The molecule has 0 N–H and O–H groups in total. The molecule has 0 aliphatic heterocycles. The molecule has 0 amide bonds. The van der Waals surface area contributed by atoms with E-state index in [4.69, 9.17) is 0 Å². The summed E-state index contributed by atoms with van der Waals surface area (Å²) in [6.07, 6.45) is 5.26. The van der Waals surface area contributed by atoms with Gasteiger partial charge in [-0.05, 0) is 46.8 Å². The van der Waals surface area contributed by atoms with Crippen molar-refractivity contribution in [3.8, 4) is 0 Å². The third-order valence-corrected chi connectivity index (χ3v) is 4.00. The second-order valence-corrected chi connectivity index (χ2v) is 6.38. The fourth-order valence-corrected chi connectivity index (χ4v) is 2.72. The Hall–Kier alpha value is -1.04. The third-order valence-electron chi connectivity index (χ3n) is 4.00. The van der Waals surface area contributed by atoms with Crippen LogP contribution >= 0.6 is 0 Å². The molecule has 84 valence electrons. The first-order chi connectivity index (χ1) is 7.54. The normalized spacial score (nSPS) is 27.6. The SMILES string of the molecule is CC(C)(C)c1ccc(C2=CC3CC3C2)cc1. The van der Waals surface area contributed by atoms with E-state index in [1.54, 1.807) is 5.57 Å². The van der Waals surface area contributed by atoms with Crippen LogP contribution in [0, 0.1) is 11.8 Å². The zero-order valence-electron chi connectivity index (χ0n) is 10.5. The number of fused-ring (bicyclic) bond motifs is 1. The van der Waals surface area contributed by atoms with E-state index in [1.807, 2.05) is 0 Å². The van der Waals surface area contributed by atoms with Gasteiger partial charge in [-0.25, -0.2) is 0 Å². The maximum atomic E-state index is 2.50. The van der Waals surface area contributed by atoms with Crippen LogP contribution in [0.5, 0.6) is 0 Å². The van der Waals surface area contributed by atoms with Gasteiger partial charge in [-0.1, -0.05) is 51.1 Å². The summed E-state index contributed by atoms with van der Waals surface area (Å²) >= 11 is 0. The molecule has 0 radical (unpaired) electrons. The van der Waals surface area contributed by atoms with E-state index in [2.05, 4.69) is 51.1 Å². The molecule has 2 aliphatic rings. The van der Waals surface area contributed by atoms with E-state index in [9.17, 15) is 0 Å². The fraction of sp³-hybridized carbons (Fsp3) is 0.500. The minimum absolute atomic E-state index is 0.269. The fourth-order valence-electron chi connectivity index (χ4n) is 2.72. The Morgan fingerprint density at radius 2 is 1.75 bits per heavy atom. The lowest BCUT2D eigenvalue weighted by molar-refractivity contribution is 0.590. The minimum Gasteiger partial charge on any atom is -0.0773 e. The van der Waals surface area contributed by atoms with Gasteiger partial charge in [0.1, 0.15) is 0 Å². The van der Waals surface area contributed by atoms with Crippen molar-refractivity contribution in [3.05, 3.63) is 41.5 Å². The third kappa shape index (κ3) is 1.71. The second-order valence-electron chi connectivity index (χ2n) is 6.38. The molecule has 2 atom stereocenters. The van der Waals surface area contributed by atoms with Crippen LogP contribution in [0.1, 0.15) is 44.7 Å². The van der Waals surface area contributed by atoms with Crippen LogP contribution in [0.2, 0.25) is 0 Å². The molecule has 0 aromatic heterocycles. The van der Waals surface area contributed by atoms with E-state index in [1.165, 1.54) is 24.0 Å². The monoisotopic (exact) mass is 212 g/mol. The number of hydrogen-bond donors (Lipinski definition) is 0. The lowest BCUT2D eigenvalue weighted by atomic mass is 9.86. The lowest BCUT2D eigenvalue weighted by Gasteiger charge is -2.19. The van der Waals surface area contributed by atoms with Crippen LogP contribution in [-0.2, 0) is 5.41 Å². The highest BCUT2D eigenvalue weighted by Gasteiger charge is 2.40. The van der Waals surface area contributed by atoms with Crippen molar-refractivity contribution >= 4 is 5.57 Å². The van der Waals surface area contributed by atoms with Crippen LogP contribution in [0.3, 0.4) is 0 Å². The maximum Gasteiger partial charge on any atom is -0.0132 e. The predicted molar refractivity (Wildman–Crippen MR) is 69.3 cm³/mol. The topological polar surface area (TPSA) is 0 Å². The van der Waals surface area contributed by atoms with E-state index in [-0.39, 0.29) is 5.41 Å². The standard InChI is InChI=1S/C16H20/c1-16(2,3)15-6-4-11(5-7-15)12-8-13-10-14(13)9-12/h4-8,13-14H,9-10H2,1-3H3. The molecule has 0 saturated heterocycles. The molecule has 3 rings (SSSR count). The number of rotatable bonds is 1. The van der Waals surface area contributed by atoms with Crippen LogP contribution in [0.4, 0.5) is 0 Å². The predicted octanol–water partition coefficient (Wildman–Crippen LogP) is 4.41. The van der Waals surface area contributed by atoms with E-state index in [0.717, 1.165) is 11.8 Å². The highest BCUT2D eigenvalue weighted by molar-refractivity contribution is 5.69. The van der Waals surface area contributed by atoms with Crippen molar-refractivity contribution < 1.29 is 0 Å². The molecule has 2 aliphatic carbocycles. The Morgan fingerprint density at radius 3 is 2.25 bits per heavy atom. The summed E-state index contributed by atoms with van der Waals surface area (Å²) in [6, 6.07) is 9.19. The van der Waals surface area contributed by atoms with E-state index >= 15 is 0 Å². The van der Waals surface area contributed by atoms with Crippen molar-refractivity contribution in [2.75, 3.05) is 0 Å². The molecule has 1 saturated carbocycles. The molecule has 1 fully saturated rings. The molecule has 0 heteroatoms. The summed E-state index contributed by atoms with van der Waals surface area (Å²) in [5, 5.41) is 0. The van der Waals surface area contributed by atoms with Gasteiger partial charge < -0.3 is 0 Å². The Labute approximate surface area is 98.4 Å². The van der Waals surface area contributed by atoms with Crippen molar-refractivity contribution in [2.45, 2.75) is 39.0 Å². The number of hydrogen-bond acceptors (Lipinski definition) is 0. The van der Waals surface area contributed by atoms with E-state index < -0.39 is 0 Å². The van der Waals surface area contributed by atoms with Gasteiger partial charge in [0.05, 0.1) is 0 Å². The molecule has 0 bridgehead atoms. The average molecular weight is 212 g/mol. The van der Waals surface area contributed by atoms with Gasteiger partial charge >= 0.3 is 0 Å². The quantitative estimate of drug-likeness (QED) is 0.647.